The van der Waals surface area contributed by atoms with Gasteiger partial charge in [-0.1, -0.05) is 15.9 Å². The fourth-order valence-corrected chi connectivity index (χ4v) is 2.46. The first-order valence-electron chi connectivity index (χ1n) is 4.84. The molecule has 0 amide bonds. The predicted octanol–water partition coefficient (Wildman–Crippen LogP) is 2.83. The number of nitrogens with zero attached hydrogens (tertiary/aromatic N) is 1. The van der Waals surface area contributed by atoms with Crippen molar-refractivity contribution in [1.82, 2.24) is 4.90 Å². The highest BCUT2D eigenvalue weighted by molar-refractivity contribution is 9.10. The molecule has 1 aromatic rings. The van der Waals surface area contributed by atoms with E-state index in [1.807, 2.05) is 23.9 Å². The summed E-state index contributed by atoms with van der Waals surface area (Å²) in [5.41, 5.74) is 7.85. The number of nitrogens with two attached hydrogens (primary N) is 1. The second-order valence-electron chi connectivity index (χ2n) is 3.62. The van der Waals surface area contributed by atoms with E-state index in [-0.39, 0.29) is 0 Å². The average Bonchev–Trinajstić information content (AvgIpc) is 2.13. The van der Waals surface area contributed by atoms with Crippen LogP contribution >= 0.6 is 27.7 Å². The van der Waals surface area contributed by atoms with Crippen LogP contribution in [0, 0.1) is 0 Å². The summed E-state index contributed by atoms with van der Waals surface area (Å²) in [7, 11) is 2.13. The smallest absolute Gasteiger partial charge is 0.0328 e. The zero-order chi connectivity index (χ0) is 11.3. The summed E-state index contributed by atoms with van der Waals surface area (Å²) < 4.78 is 1.05. The van der Waals surface area contributed by atoms with Crippen molar-refractivity contribution in [3.05, 3.63) is 28.2 Å². The molecule has 2 nitrogen and oxygen atoms in total. The molecule has 0 aliphatic heterocycles. The van der Waals surface area contributed by atoms with Crippen molar-refractivity contribution in [3.8, 4) is 0 Å². The molecule has 84 valence electrons. The lowest BCUT2D eigenvalue weighted by Gasteiger charge is -2.16. The SMILES string of the molecule is CSCCN(C)Cc1cc(N)cc(Br)c1. The number of halogens is 1. The van der Waals surface area contributed by atoms with Crippen LogP contribution in [0.4, 0.5) is 5.69 Å². The molecule has 4 heteroatoms. The van der Waals surface area contributed by atoms with Gasteiger partial charge in [-0.15, -0.1) is 0 Å². The van der Waals surface area contributed by atoms with Gasteiger partial charge in [0.05, 0.1) is 0 Å². The minimum atomic E-state index is 0.817. The fraction of sp³-hybridized carbons (Fsp3) is 0.455. The van der Waals surface area contributed by atoms with Gasteiger partial charge < -0.3 is 10.6 Å². The van der Waals surface area contributed by atoms with E-state index in [2.05, 4.69) is 40.2 Å². The number of benzene rings is 1. The van der Waals surface area contributed by atoms with Crippen molar-refractivity contribution in [3.63, 3.8) is 0 Å². The molecule has 0 bridgehead atoms. The van der Waals surface area contributed by atoms with E-state index in [0.29, 0.717) is 0 Å². The van der Waals surface area contributed by atoms with E-state index >= 15 is 0 Å². The van der Waals surface area contributed by atoms with E-state index in [0.717, 1.165) is 23.2 Å². The Balaban J connectivity index is 2.56. The van der Waals surface area contributed by atoms with Crippen molar-refractivity contribution in [2.24, 2.45) is 0 Å². The Bertz CT molecular complexity index is 297. The summed E-state index contributed by atoms with van der Waals surface area (Å²) in [4.78, 5) is 2.30. The van der Waals surface area contributed by atoms with E-state index in [1.165, 1.54) is 11.3 Å². The number of anilines is 1. The van der Waals surface area contributed by atoms with E-state index < -0.39 is 0 Å². The molecule has 15 heavy (non-hydrogen) atoms. The number of hydrogen-bond acceptors (Lipinski definition) is 3. The molecule has 1 rings (SSSR count). The first-order valence-corrected chi connectivity index (χ1v) is 7.03. The van der Waals surface area contributed by atoms with Crippen LogP contribution in [-0.2, 0) is 6.54 Å². The summed E-state index contributed by atoms with van der Waals surface area (Å²) in [5.74, 6) is 1.17. The molecule has 0 atom stereocenters. The molecule has 2 N–H and O–H groups in total. The highest BCUT2D eigenvalue weighted by Gasteiger charge is 2.01. The van der Waals surface area contributed by atoms with Gasteiger partial charge >= 0.3 is 0 Å². The number of thioether (sulfide) groups is 1. The third kappa shape index (κ3) is 4.91. The van der Waals surface area contributed by atoms with Crippen LogP contribution in [0.15, 0.2) is 22.7 Å². The highest BCUT2D eigenvalue weighted by Crippen LogP contribution is 2.18. The van der Waals surface area contributed by atoms with Crippen molar-refractivity contribution in [2.45, 2.75) is 6.54 Å². The second kappa shape index (κ2) is 6.40. The number of hydrogen-bond donors (Lipinski definition) is 1. The molecule has 0 fully saturated rings. The predicted molar refractivity (Wildman–Crippen MR) is 73.3 cm³/mol. The molecule has 0 aliphatic rings. The summed E-state index contributed by atoms with van der Waals surface area (Å²) in [5, 5.41) is 0. The Labute approximate surface area is 104 Å². The largest absolute Gasteiger partial charge is 0.399 e. The van der Waals surface area contributed by atoms with Gasteiger partial charge in [-0.05, 0) is 37.1 Å². The highest BCUT2D eigenvalue weighted by atomic mass is 79.9. The number of rotatable bonds is 5. The molecular formula is C11H17BrN2S. The van der Waals surface area contributed by atoms with Gasteiger partial charge in [0.15, 0.2) is 0 Å². The van der Waals surface area contributed by atoms with Crippen molar-refractivity contribution >= 4 is 33.4 Å². The van der Waals surface area contributed by atoms with Gasteiger partial charge in [-0.2, -0.15) is 11.8 Å². The van der Waals surface area contributed by atoms with Crippen molar-refractivity contribution in [2.75, 3.05) is 31.3 Å². The molecule has 0 aliphatic carbocycles. The topological polar surface area (TPSA) is 29.3 Å². The summed E-state index contributed by atoms with van der Waals surface area (Å²) in [6, 6.07) is 6.07. The van der Waals surface area contributed by atoms with Gasteiger partial charge in [-0.25, -0.2) is 0 Å². The first-order chi connectivity index (χ1) is 7.11. The van der Waals surface area contributed by atoms with Crippen LogP contribution in [0.5, 0.6) is 0 Å². The van der Waals surface area contributed by atoms with E-state index in [1.54, 1.807) is 0 Å². The third-order valence-corrected chi connectivity index (χ3v) is 3.16. The van der Waals surface area contributed by atoms with Crippen LogP contribution in [0.1, 0.15) is 5.56 Å². The standard InChI is InChI=1S/C11H17BrN2S/c1-14(3-4-15-2)8-9-5-10(12)7-11(13)6-9/h5-7H,3-4,8,13H2,1-2H3. The first kappa shape index (κ1) is 12.9. The quantitative estimate of drug-likeness (QED) is 0.845. The monoisotopic (exact) mass is 288 g/mol. The minimum Gasteiger partial charge on any atom is -0.399 e. The van der Waals surface area contributed by atoms with Gasteiger partial charge in [0.1, 0.15) is 0 Å². The Morgan fingerprint density at radius 2 is 2.13 bits per heavy atom. The Morgan fingerprint density at radius 1 is 1.40 bits per heavy atom. The zero-order valence-corrected chi connectivity index (χ0v) is 11.6. The van der Waals surface area contributed by atoms with E-state index in [4.69, 9.17) is 5.73 Å². The van der Waals surface area contributed by atoms with Gasteiger partial charge in [0, 0.05) is 29.0 Å². The Hall–Kier alpha value is -0.190. The molecule has 0 spiro atoms. The minimum absolute atomic E-state index is 0.817. The van der Waals surface area contributed by atoms with Gasteiger partial charge in [0.2, 0.25) is 0 Å². The average molecular weight is 289 g/mol. The summed E-state index contributed by atoms with van der Waals surface area (Å²) in [6.45, 7) is 2.05. The Morgan fingerprint density at radius 3 is 2.73 bits per heavy atom. The van der Waals surface area contributed by atoms with Gasteiger partial charge in [-0.3, -0.25) is 0 Å². The maximum absolute atomic E-state index is 5.78. The van der Waals surface area contributed by atoms with Gasteiger partial charge in [0.25, 0.3) is 0 Å². The summed E-state index contributed by atoms with van der Waals surface area (Å²) >= 11 is 5.32. The molecular weight excluding hydrogens is 272 g/mol. The number of nitrogen functional groups attached to an aromatic ring is 1. The lowest BCUT2D eigenvalue weighted by molar-refractivity contribution is 0.349. The molecule has 0 unspecified atom stereocenters. The summed E-state index contributed by atoms with van der Waals surface area (Å²) in [6.07, 6.45) is 2.13. The molecule has 0 radical (unpaired) electrons. The van der Waals surface area contributed by atoms with Crippen LogP contribution < -0.4 is 5.73 Å². The second-order valence-corrected chi connectivity index (χ2v) is 5.52. The Kier molecular flexibility index (Phi) is 5.50. The molecule has 0 heterocycles. The molecule has 0 saturated carbocycles. The van der Waals surface area contributed by atoms with E-state index in [9.17, 15) is 0 Å². The molecule has 0 saturated heterocycles. The maximum Gasteiger partial charge on any atom is 0.0328 e. The lowest BCUT2D eigenvalue weighted by atomic mass is 10.2. The fourth-order valence-electron chi connectivity index (χ4n) is 1.40. The zero-order valence-electron chi connectivity index (χ0n) is 9.16. The van der Waals surface area contributed by atoms with Crippen LogP contribution in [0.2, 0.25) is 0 Å². The normalized spacial score (nSPS) is 10.9. The van der Waals surface area contributed by atoms with Crippen molar-refractivity contribution < 1.29 is 0 Å². The van der Waals surface area contributed by atoms with Crippen LogP contribution in [-0.4, -0.2) is 30.5 Å². The third-order valence-electron chi connectivity index (χ3n) is 2.11. The maximum atomic E-state index is 5.78. The lowest BCUT2D eigenvalue weighted by Crippen LogP contribution is -2.20. The molecule has 1 aromatic carbocycles. The van der Waals surface area contributed by atoms with Crippen LogP contribution in [0.3, 0.4) is 0 Å². The van der Waals surface area contributed by atoms with Crippen LogP contribution in [0.25, 0.3) is 0 Å². The van der Waals surface area contributed by atoms with Crippen molar-refractivity contribution in [1.29, 1.82) is 0 Å². The molecule has 0 aromatic heterocycles.